The fraction of sp³-hybridized carbons (Fsp3) is 0.462. The molecule has 0 aliphatic heterocycles. The first-order valence-corrected chi connectivity index (χ1v) is 6.94. The van der Waals surface area contributed by atoms with E-state index in [2.05, 4.69) is 9.36 Å². The standard InChI is InChI=1S/C13H14N2O2S/c1-8-11-6-9(7-14-12(11)18-15-8)13(16)17-10-4-2-3-5-10/h6-7,10H,2-5H2,1H3. The maximum absolute atomic E-state index is 12.0. The average Bonchev–Trinajstić information content (AvgIpc) is 3.00. The van der Waals surface area contributed by atoms with Gasteiger partial charge in [-0.2, -0.15) is 4.37 Å². The van der Waals surface area contributed by atoms with Crippen molar-refractivity contribution < 1.29 is 9.53 Å². The Morgan fingerprint density at radius 1 is 1.44 bits per heavy atom. The molecule has 0 bridgehead atoms. The fourth-order valence-corrected chi connectivity index (χ4v) is 3.01. The fourth-order valence-electron chi connectivity index (χ4n) is 2.28. The monoisotopic (exact) mass is 262 g/mol. The molecule has 1 aliphatic rings. The third-order valence-corrected chi connectivity index (χ3v) is 4.18. The van der Waals surface area contributed by atoms with Crippen LogP contribution >= 0.6 is 11.5 Å². The van der Waals surface area contributed by atoms with Gasteiger partial charge in [-0.1, -0.05) is 0 Å². The first-order chi connectivity index (χ1) is 8.74. The molecule has 1 saturated carbocycles. The van der Waals surface area contributed by atoms with Crippen LogP contribution < -0.4 is 0 Å². The predicted molar refractivity (Wildman–Crippen MR) is 69.8 cm³/mol. The quantitative estimate of drug-likeness (QED) is 0.780. The number of hydrogen-bond donors (Lipinski definition) is 0. The van der Waals surface area contributed by atoms with E-state index in [1.165, 1.54) is 11.5 Å². The van der Waals surface area contributed by atoms with Gasteiger partial charge in [0.05, 0.1) is 11.3 Å². The minimum atomic E-state index is -0.262. The molecular weight excluding hydrogens is 248 g/mol. The molecule has 2 aromatic heterocycles. The second-order valence-electron chi connectivity index (χ2n) is 4.66. The minimum Gasteiger partial charge on any atom is -0.459 e. The van der Waals surface area contributed by atoms with Crippen LogP contribution in [-0.2, 0) is 4.74 Å². The van der Waals surface area contributed by atoms with Gasteiger partial charge in [0.15, 0.2) is 0 Å². The maximum Gasteiger partial charge on any atom is 0.339 e. The molecule has 3 rings (SSSR count). The van der Waals surface area contributed by atoms with Gasteiger partial charge in [0, 0.05) is 11.6 Å². The van der Waals surface area contributed by atoms with E-state index < -0.39 is 0 Å². The molecule has 0 saturated heterocycles. The van der Waals surface area contributed by atoms with Gasteiger partial charge in [-0.05, 0) is 50.2 Å². The van der Waals surface area contributed by atoms with E-state index in [0.29, 0.717) is 5.56 Å². The highest BCUT2D eigenvalue weighted by atomic mass is 32.1. The number of aromatic nitrogens is 2. The van der Waals surface area contributed by atoms with Crippen molar-refractivity contribution in [1.29, 1.82) is 0 Å². The molecule has 2 heterocycles. The minimum absolute atomic E-state index is 0.0925. The number of ether oxygens (including phenoxy) is 1. The molecule has 18 heavy (non-hydrogen) atoms. The summed E-state index contributed by atoms with van der Waals surface area (Å²) in [5.41, 5.74) is 1.44. The predicted octanol–water partition coefficient (Wildman–Crippen LogP) is 3.10. The van der Waals surface area contributed by atoms with Crippen LogP contribution in [0.25, 0.3) is 10.2 Å². The summed E-state index contributed by atoms with van der Waals surface area (Å²) in [6, 6.07) is 1.83. The van der Waals surface area contributed by atoms with Gasteiger partial charge < -0.3 is 4.74 Å². The van der Waals surface area contributed by atoms with Gasteiger partial charge in [-0.3, -0.25) is 0 Å². The van der Waals surface area contributed by atoms with Crippen molar-refractivity contribution in [1.82, 2.24) is 9.36 Å². The lowest BCUT2D eigenvalue weighted by molar-refractivity contribution is 0.0317. The Kier molecular flexibility index (Phi) is 2.99. The van der Waals surface area contributed by atoms with Gasteiger partial charge in [0.25, 0.3) is 0 Å². The number of carbonyl (C=O) groups excluding carboxylic acids is 1. The van der Waals surface area contributed by atoms with Crippen molar-refractivity contribution in [2.75, 3.05) is 0 Å². The second kappa shape index (κ2) is 4.65. The Balaban J connectivity index is 1.84. The van der Waals surface area contributed by atoms with Crippen LogP contribution in [0.15, 0.2) is 12.3 Å². The van der Waals surface area contributed by atoms with Crippen molar-refractivity contribution in [3.05, 3.63) is 23.5 Å². The van der Waals surface area contributed by atoms with Crippen LogP contribution in [0.3, 0.4) is 0 Å². The zero-order chi connectivity index (χ0) is 12.5. The average molecular weight is 262 g/mol. The molecule has 0 atom stereocenters. The molecule has 4 nitrogen and oxygen atoms in total. The number of pyridine rings is 1. The second-order valence-corrected chi connectivity index (χ2v) is 5.41. The largest absolute Gasteiger partial charge is 0.459 e. The number of aryl methyl sites for hydroxylation is 1. The number of rotatable bonds is 2. The van der Waals surface area contributed by atoms with Crippen LogP contribution in [0.2, 0.25) is 0 Å². The van der Waals surface area contributed by atoms with Crippen LogP contribution in [0.1, 0.15) is 41.7 Å². The molecule has 5 heteroatoms. The van der Waals surface area contributed by atoms with Gasteiger partial charge in [0.2, 0.25) is 0 Å². The van der Waals surface area contributed by atoms with Gasteiger partial charge >= 0.3 is 5.97 Å². The van der Waals surface area contributed by atoms with E-state index in [4.69, 9.17) is 4.74 Å². The zero-order valence-corrected chi connectivity index (χ0v) is 11.0. The number of nitrogens with zero attached hydrogens (tertiary/aromatic N) is 2. The summed E-state index contributed by atoms with van der Waals surface area (Å²) in [6.07, 6.45) is 5.96. The Morgan fingerprint density at radius 2 is 2.22 bits per heavy atom. The van der Waals surface area contributed by atoms with Crippen LogP contribution in [0.4, 0.5) is 0 Å². The molecule has 0 radical (unpaired) electrons. The third kappa shape index (κ3) is 2.10. The highest BCUT2D eigenvalue weighted by molar-refractivity contribution is 7.12. The lowest BCUT2D eigenvalue weighted by atomic mass is 10.2. The van der Waals surface area contributed by atoms with E-state index in [9.17, 15) is 4.79 Å². The number of carbonyl (C=O) groups is 1. The van der Waals surface area contributed by atoms with Crippen molar-refractivity contribution in [2.24, 2.45) is 0 Å². The molecule has 94 valence electrons. The lowest BCUT2D eigenvalue weighted by Crippen LogP contribution is -2.14. The third-order valence-electron chi connectivity index (χ3n) is 3.32. The van der Waals surface area contributed by atoms with Gasteiger partial charge in [0.1, 0.15) is 10.9 Å². The highest BCUT2D eigenvalue weighted by Crippen LogP contribution is 2.24. The van der Waals surface area contributed by atoms with Crippen molar-refractivity contribution >= 4 is 27.7 Å². The first kappa shape index (κ1) is 11.6. The summed E-state index contributed by atoms with van der Waals surface area (Å²) >= 11 is 1.35. The van der Waals surface area contributed by atoms with Crippen LogP contribution in [0.5, 0.6) is 0 Å². The van der Waals surface area contributed by atoms with E-state index >= 15 is 0 Å². The molecule has 0 amide bonds. The summed E-state index contributed by atoms with van der Waals surface area (Å²) < 4.78 is 9.69. The normalized spacial score (nSPS) is 16.3. The SMILES string of the molecule is Cc1nsc2ncc(C(=O)OC3CCCC3)cc12. The first-order valence-electron chi connectivity index (χ1n) is 6.17. The molecular formula is C13H14N2O2S. The van der Waals surface area contributed by atoms with Crippen molar-refractivity contribution in [3.63, 3.8) is 0 Å². The Hall–Kier alpha value is -1.49. The lowest BCUT2D eigenvalue weighted by Gasteiger charge is -2.10. The van der Waals surface area contributed by atoms with E-state index in [1.807, 2.05) is 13.0 Å². The van der Waals surface area contributed by atoms with Gasteiger partial charge in [-0.25, -0.2) is 9.78 Å². The molecule has 0 N–H and O–H groups in total. The van der Waals surface area contributed by atoms with E-state index in [-0.39, 0.29) is 12.1 Å². The van der Waals surface area contributed by atoms with Crippen molar-refractivity contribution in [2.45, 2.75) is 38.7 Å². The molecule has 2 aromatic rings. The summed E-state index contributed by atoms with van der Waals surface area (Å²) in [5.74, 6) is -0.262. The van der Waals surface area contributed by atoms with Crippen LogP contribution in [0, 0.1) is 6.92 Å². The Labute approximate surface area is 109 Å². The number of fused-ring (bicyclic) bond motifs is 1. The molecule has 1 aliphatic carbocycles. The van der Waals surface area contributed by atoms with E-state index in [1.54, 1.807) is 6.20 Å². The molecule has 0 aromatic carbocycles. The zero-order valence-electron chi connectivity index (χ0n) is 10.2. The maximum atomic E-state index is 12.0. The van der Waals surface area contributed by atoms with Crippen LogP contribution in [-0.4, -0.2) is 21.4 Å². The number of esters is 1. The topological polar surface area (TPSA) is 52.1 Å². The van der Waals surface area contributed by atoms with Gasteiger partial charge in [-0.15, -0.1) is 0 Å². The molecule has 1 fully saturated rings. The molecule has 0 spiro atoms. The summed E-state index contributed by atoms with van der Waals surface area (Å²) in [6.45, 7) is 1.92. The summed E-state index contributed by atoms with van der Waals surface area (Å²) in [7, 11) is 0. The van der Waals surface area contributed by atoms with E-state index in [0.717, 1.165) is 41.6 Å². The Bertz CT molecular complexity index is 588. The molecule has 0 unspecified atom stereocenters. The van der Waals surface area contributed by atoms with Crippen molar-refractivity contribution in [3.8, 4) is 0 Å². The smallest absolute Gasteiger partial charge is 0.339 e. The Morgan fingerprint density at radius 3 is 3.00 bits per heavy atom. The summed E-state index contributed by atoms with van der Waals surface area (Å²) in [5, 5.41) is 0.945. The number of hydrogen-bond acceptors (Lipinski definition) is 5. The summed E-state index contributed by atoms with van der Waals surface area (Å²) in [4.78, 5) is 17.1. The highest BCUT2D eigenvalue weighted by Gasteiger charge is 2.20.